The molecule has 2 aliphatic rings. The van der Waals surface area contributed by atoms with Gasteiger partial charge in [0.15, 0.2) is 0 Å². The molecule has 2 rings (SSSR count). The summed E-state index contributed by atoms with van der Waals surface area (Å²) in [5, 5.41) is 25.1. The number of likely N-dealkylation sites (tertiary alicyclic amines) is 1. The van der Waals surface area contributed by atoms with Gasteiger partial charge in [-0.05, 0) is 13.0 Å². The van der Waals surface area contributed by atoms with Gasteiger partial charge >= 0.3 is 5.54 Å². The molecule has 0 saturated carbocycles. The maximum absolute atomic E-state index is 12.0. The molecular weight excluding hydrogens is 268 g/mol. The van der Waals surface area contributed by atoms with Gasteiger partial charge in [0.1, 0.15) is 6.42 Å². The van der Waals surface area contributed by atoms with Crippen LogP contribution in [0.1, 0.15) is 26.2 Å². The van der Waals surface area contributed by atoms with Crippen molar-refractivity contribution in [2.75, 3.05) is 26.2 Å². The summed E-state index contributed by atoms with van der Waals surface area (Å²) in [4.78, 5) is 35.3. The molecule has 20 heavy (non-hydrogen) atoms. The van der Waals surface area contributed by atoms with Gasteiger partial charge in [-0.3, -0.25) is 29.9 Å². The van der Waals surface area contributed by atoms with Crippen LogP contribution >= 0.6 is 0 Å². The first-order valence-corrected chi connectivity index (χ1v) is 6.66. The summed E-state index contributed by atoms with van der Waals surface area (Å²) >= 11 is 0. The number of carbonyl (C=O) groups excluding carboxylic acids is 1. The Morgan fingerprint density at radius 1 is 1.30 bits per heavy atom. The third-order valence-corrected chi connectivity index (χ3v) is 4.19. The Morgan fingerprint density at radius 2 is 2.00 bits per heavy atom. The smallest absolute Gasteiger partial charge is 0.317 e. The maximum Gasteiger partial charge on any atom is 0.317 e. The zero-order valence-electron chi connectivity index (χ0n) is 11.3. The Hall–Kier alpha value is -1.77. The van der Waals surface area contributed by atoms with E-state index in [1.807, 2.05) is 6.92 Å². The van der Waals surface area contributed by atoms with Crippen molar-refractivity contribution in [1.82, 2.24) is 10.2 Å². The Labute approximate surface area is 115 Å². The number of piperidine rings is 2. The molecule has 1 amide bonds. The molecular formula is C11H18N4O5. The Morgan fingerprint density at radius 3 is 2.55 bits per heavy atom. The highest BCUT2D eigenvalue weighted by Crippen LogP contribution is 2.36. The quantitative estimate of drug-likeness (QED) is 0.545. The number of nitrogens with one attached hydrogen (secondary N) is 1. The van der Waals surface area contributed by atoms with E-state index in [4.69, 9.17) is 0 Å². The fourth-order valence-electron chi connectivity index (χ4n) is 3.11. The van der Waals surface area contributed by atoms with E-state index in [1.165, 1.54) is 0 Å². The molecule has 2 bridgehead atoms. The van der Waals surface area contributed by atoms with Crippen molar-refractivity contribution < 1.29 is 14.6 Å². The Kier molecular flexibility index (Phi) is 3.63. The second-order valence-electron chi connectivity index (χ2n) is 5.69. The molecule has 9 nitrogen and oxygen atoms in total. The minimum atomic E-state index is -1.89. The molecule has 0 aromatic carbocycles. The second kappa shape index (κ2) is 4.97. The third-order valence-electron chi connectivity index (χ3n) is 4.19. The molecule has 9 heteroatoms. The van der Waals surface area contributed by atoms with Crippen LogP contribution in [0.25, 0.3) is 0 Å². The van der Waals surface area contributed by atoms with Crippen LogP contribution in [0.15, 0.2) is 0 Å². The van der Waals surface area contributed by atoms with Crippen LogP contribution in [-0.4, -0.2) is 57.9 Å². The Bertz CT molecular complexity index is 456. The van der Waals surface area contributed by atoms with E-state index in [0.717, 1.165) is 12.8 Å². The fourth-order valence-corrected chi connectivity index (χ4v) is 3.11. The molecule has 2 heterocycles. The van der Waals surface area contributed by atoms with Gasteiger partial charge in [-0.15, -0.1) is 0 Å². The number of nitro groups is 2. The molecule has 0 radical (unpaired) electrons. The topological polar surface area (TPSA) is 119 Å². The monoisotopic (exact) mass is 286 g/mol. The van der Waals surface area contributed by atoms with Gasteiger partial charge in [-0.1, -0.05) is 13.3 Å². The van der Waals surface area contributed by atoms with E-state index < -0.39 is 26.8 Å². The highest BCUT2D eigenvalue weighted by molar-refractivity contribution is 5.86. The van der Waals surface area contributed by atoms with Crippen molar-refractivity contribution in [2.45, 2.75) is 37.3 Å². The predicted molar refractivity (Wildman–Crippen MR) is 68.4 cm³/mol. The van der Waals surface area contributed by atoms with E-state index in [9.17, 15) is 25.0 Å². The zero-order chi connectivity index (χ0) is 15.0. The second-order valence-corrected chi connectivity index (χ2v) is 5.69. The number of hydrogen-bond donors (Lipinski definition) is 1. The van der Waals surface area contributed by atoms with Crippen LogP contribution < -0.4 is 5.32 Å². The number of fused-ring (bicyclic) bond motifs is 2. The van der Waals surface area contributed by atoms with Crippen molar-refractivity contribution in [1.29, 1.82) is 0 Å². The zero-order valence-corrected chi connectivity index (χ0v) is 11.3. The van der Waals surface area contributed by atoms with E-state index >= 15 is 0 Å². The van der Waals surface area contributed by atoms with Crippen LogP contribution in [0.4, 0.5) is 0 Å². The minimum Gasteiger partial charge on any atom is -0.343 e. The molecule has 0 aromatic heterocycles. The molecule has 2 saturated heterocycles. The van der Waals surface area contributed by atoms with Crippen molar-refractivity contribution in [2.24, 2.45) is 0 Å². The molecule has 0 aliphatic carbocycles. The summed E-state index contributed by atoms with van der Waals surface area (Å²) in [6.07, 6.45) is 1.36. The third kappa shape index (κ3) is 2.11. The lowest BCUT2D eigenvalue weighted by atomic mass is 9.74. The van der Waals surface area contributed by atoms with E-state index in [-0.39, 0.29) is 26.1 Å². The molecule has 2 unspecified atom stereocenters. The van der Waals surface area contributed by atoms with Crippen LogP contribution in [0, 0.1) is 20.2 Å². The Balaban J connectivity index is 2.36. The molecule has 0 spiro atoms. The lowest BCUT2D eigenvalue weighted by Crippen LogP contribution is -2.76. The summed E-state index contributed by atoms with van der Waals surface area (Å²) in [6, 6.07) is 0. The SMILES string of the molecule is CCCCN1CC2([N+](=O)[O-])CNC(=O)C([N+](=O)[O-])(C1)C2. The van der Waals surface area contributed by atoms with Crippen molar-refractivity contribution in [3.8, 4) is 0 Å². The van der Waals surface area contributed by atoms with Crippen molar-refractivity contribution in [3.63, 3.8) is 0 Å². The van der Waals surface area contributed by atoms with Gasteiger partial charge in [-0.25, -0.2) is 0 Å². The van der Waals surface area contributed by atoms with Gasteiger partial charge < -0.3 is 5.32 Å². The first-order valence-electron chi connectivity index (χ1n) is 6.66. The van der Waals surface area contributed by atoms with Crippen LogP contribution in [-0.2, 0) is 4.79 Å². The van der Waals surface area contributed by atoms with Gasteiger partial charge in [0.2, 0.25) is 0 Å². The number of hydrogen-bond acceptors (Lipinski definition) is 6. The van der Waals surface area contributed by atoms with Crippen molar-refractivity contribution >= 4 is 5.91 Å². The molecule has 1 N–H and O–H groups in total. The molecule has 0 aromatic rings. The molecule has 2 atom stereocenters. The van der Waals surface area contributed by atoms with Crippen LogP contribution in [0.5, 0.6) is 0 Å². The van der Waals surface area contributed by atoms with Gasteiger partial charge in [0, 0.05) is 9.85 Å². The van der Waals surface area contributed by atoms with Crippen LogP contribution in [0.2, 0.25) is 0 Å². The standard InChI is InChI=1S/C11H18N4O5/c1-2-3-4-13-7-10(14(17)18)5-11(8-13,15(19)20)9(16)12-6-10/h2-8H2,1H3,(H,12,16). The number of amides is 1. The maximum atomic E-state index is 12.0. The summed E-state index contributed by atoms with van der Waals surface area (Å²) in [5.74, 6) is -0.707. The lowest BCUT2D eigenvalue weighted by molar-refractivity contribution is -0.618. The van der Waals surface area contributed by atoms with Gasteiger partial charge in [-0.2, -0.15) is 0 Å². The van der Waals surface area contributed by atoms with E-state index in [2.05, 4.69) is 5.32 Å². The minimum absolute atomic E-state index is 0.0541. The number of rotatable bonds is 5. The summed E-state index contributed by atoms with van der Waals surface area (Å²) in [6.45, 7) is 2.47. The first-order chi connectivity index (χ1) is 9.36. The summed E-state index contributed by atoms with van der Waals surface area (Å²) < 4.78 is 0. The predicted octanol–water partition coefficient (Wildman–Crippen LogP) is -0.347. The fraction of sp³-hybridized carbons (Fsp3) is 0.909. The molecule has 2 fully saturated rings. The number of carbonyl (C=O) groups is 1. The summed E-state index contributed by atoms with van der Waals surface area (Å²) in [5.41, 5.74) is -3.34. The van der Waals surface area contributed by atoms with Crippen molar-refractivity contribution in [3.05, 3.63) is 20.2 Å². The summed E-state index contributed by atoms with van der Waals surface area (Å²) in [7, 11) is 0. The van der Waals surface area contributed by atoms with Gasteiger partial charge in [0.05, 0.1) is 19.6 Å². The van der Waals surface area contributed by atoms with E-state index in [0.29, 0.717) is 6.54 Å². The van der Waals surface area contributed by atoms with Gasteiger partial charge in [0.25, 0.3) is 11.4 Å². The average Bonchev–Trinajstić information content (AvgIpc) is 2.40. The highest BCUT2D eigenvalue weighted by atomic mass is 16.6. The van der Waals surface area contributed by atoms with E-state index in [1.54, 1.807) is 4.90 Å². The number of nitrogens with zero attached hydrogens (tertiary/aromatic N) is 3. The first kappa shape index (κ1) is 14.6. The largest absolute Gasteiger partial charge is 0.343 e. The highest BCUT2D eigenvalue weighted by Gasteiger charge is 2.68. The molecule has 2 aliphatic heterocycles. The van der Waals surface area contributed by atoms with Crippen LogP contribution in [0.3, 0.4) is 0 Å². The number of unbranched alkanes of at least 4 members (excludes halogenated alkanes) is 1. The lowest BCUT2D eigenvalue weighted by Gasteiger charge is -2.45. The normalized spacial score (nSPS) is 33.5. The average molecular weight is 286 g/mol. The molecule has 112 valence electrons.